The maximum Gasteiger partial charge on any atom is 0.344 e. The van der Waals surface area contributed by atoms with Gasteiger partial charge in [0.2, 0.25) is 5.82 Å². The van der Waals surface area contributed by atoms with Gasteiger partial charge >= 0.3 is 11.7 Å². The molecule has 2 aromatic heterocycles. The fourth-order valence-corrected chi connectivity index (χ4v) is 3.70. The van der Waals surface area contributed by atoms with Crippen LogP contribution in [0.4, 0.5) is 5.69 Å². The average Bonchev–Trinajstić information content (AvgIpc) is 3.32. The molecule has 0 fully saturated rings. The summed E-state index contributed by atoms with van der Waals surface area (Å²) in [4.78, 5) is 39.9. The number of hydrogen-bond donors (Lipinski definition) is 1. The average molecular weight is 498 g/mol. The lowest BCUT2D eigenvalue weighted by atomic mass is 10.2. The number of carbonyl (C=O) groups is 1. The van der Waals surface area contributed by atoms with Crippen LogP contribution in [0.25, 0.3) is 33.5 Å². The molecule has 0 amide bonds. The monoisotopic (exact) mass is 498 g/mol. The smallest absolute Gasteiger partial charge is 0.344 e. The number of carboxylic acid groups (broad SMARTS) is 1. The van der Waals surface area contributed by atoms with E-state index in [1.54, 1.807) is 36.4 Å². The van der Waals surface area contributed by atoms with Gasteiger partial charge in [0.1, 0.15) is 5.58 Å². The van der Waals surface area contributed by atoms with E-state index in [2.05, 4.69) is 10.1 Å². The van der Waals surface area contributed by atoms with Crippen molar-refractivity contribution in [1.29, 1.82) is 0 Å². The minimum absolute atomic E-state index is 0.154. The molecule has 0 unspecified atom stereocenters. The first-order valence-corrected chi connectivity index (χ1v) is 11.0. The summed E-state index contributed by atoms with van der Waals surface area (Å²) in [6.45, 7) is 1.26. The predicted octanol–water partition coefficient (Wildman–Crippen LogP) is 4.45. The van der Waals surface area contributed by atoms with Gasteiger partial charge in [0.25, 0.3) is 5.56 Å². The summed E-state index contributed by atoms with van der Waals surface area (Å²) in [7, 11) is 0. The number of para-hydroxylation sites is 2. The van der Waals surface area contributed by atoms with E-state index in [1.807, 2.05) is 18.2 Å². The highest BCUT2D eigenvalue weighted by molar-refractivity contribution is 5.85. The van der Waals surface area contributed by atoms with Crippen LogP contribution in [0.3, 0.4) is 0 Å². The Morgan fingerprint density at radius 3 is 2.68 bits per heavy atom. The van der Waals surface area contributed by atoms with Crippen LogP contribution in [0.2, 0.25) is 0 Å². The molecule has 0 aliphatic rings. The van der Waals surface area contributed by atoms with Crippen LogP contribution in [0.15, 0.2) is 87.1 Å². The zero-order valence-corrected chi connectivity index (χ0v) is 19.3. The number of nitrogens with zero attached hydrogens (tertiary/aromatic N) is 4. The minimum Gasteiger partial charge on any atom is -0.479 e. The Bertz CT molecular complexity index is 1740. The lowest BCUT2D eigenvalue weighted by molar-refractivity contribution is -0.386. The number of fused-ring (bicyclic) bond motifs is 2. The zero-order valence-electron chi connectivity index (χ0n) is 19.3. The topological polar surface area (TPSA) is 150 Å². The van der Waals surface area contributed by atoms with Crippen LogP contribution in [0, 0.1) is 10.1 Å². The Hall–Kier alpha value is -5.32. The molecular weight excluding hydrogens is 480 g/mol. The van der Waals surface area contributed by atoms with E-state index in [1.165, 1.54) is 31.3 Å². The predicted molar refractivity (Wildman–Crippen MR) is 135 cm³/mol. The number of benzene rings is 3. The van der Waals surface area contributed by atoms with Crippen LogP contribution in [-0.2, 0) is 4.79 Å². The van der Waals surface area contributed by atoms with Gasteiger partial charge in [-0.15, -0.1) is 0 Å². The molecule has 0 spiro atoms. The van der Waals surface area contributed by atoms with Gasteiger partial charge in [-0.05, 0) is 43.3 Å². The molecule has 184 valence electrons. The summed E-state index contributed by atoms with van der Waals surface area (Å²) in [5, 5.41) is 26.1. The van der Waals surface area contributed by atoms with Gasteiger partial charge in [-0.1, -0.05) is 30.3 Å². The van der Waals surface area contributed by atoms with Crippen LogP contribution in [-0.4, -0.2) is 38.0 Å². The number of aliphatic carboxylic acids is 1. The minimum atomic E-state index is -1.29. The number of hydrogen-bond acceptors (Lipinski definition) is 8. The number of aromatic nitrogens is 2. The molecular formula is C26H18N4O7. The van der Waals surface area contributed by atoms with Crippen molar-refractivity contribution >= 4 is 39.7 Å². The Labute approximate surface area is 208 Å². The summed E-state index contributed by atoms with van der Waals surface area (Å²) < 4.78 is 12.2. The fourth-order valence-electron chi connectivity index (χ4n) is 3.70. The highest BCUT2D eigenvalue weighted by Gasteiger charge is 2.21. The standard InChI is InChI=1S/C26H18N4O7/c1-15(26(32)33)36-22-11-10-16(12-20(22)30(34)35)14-27-29-24(23-13-17-6-2-5-9-21(17)37-23)28-19-8-4-3-7-18(19)25(29)31/h2-15H,1H3,(H,32,33)/t15-/m1/s1. The fraction of sp³-hybridized carbons (Fsp3) is 0.0769. The molecule has 0 saturated carbocycles. The van der Waals surface area contributed by atoms with Crippen molar-refractivity contribution in [2.75, 3.05) is 0 Å². The molecule has 37 heavy (non-hydrogen) atoms. The number of nitro benzene ring substituents is 1. The molecule has 0 radical (unpaired) electrons. The Morgan fingerprint density at radius 1 is 1.16 bits per heavy atom. The second-order valence-electron chi connectivity index (χ2n) is 8.05. The largest absolute Gasteiger partial charge is 0.479 e. The van der Waals surface area contributed by atoms with Crippen molar-refractivity contribution < 1.29 is 24.0 Å². The third-order valence-electron chi connectivity index (χ3n) is 5.55. The summed E-state index contributed by atoms with van der Waals surface area (Å²) in [5.74, 6) is -0.995. The Morgan fingerprint density at radius 2 is 1.92 bits per heavy atom. The van der Waals surface area contributed by atoms with Gasteiger partial charge in [0, 0.05) is 17.0 Å². The first kappa shape index (κ1) is 23.4. The molecule has 0 aliphatic heterocycles. The van der Waals surface area contributed by atoms with Crippen LogP contribution in [0.5, 0.6) is 5.75 Å². The molecule has 0 bridgehead atoms. The van der Waals surface area contributed by atoms with Crippen molar-refractivity contribution in [2.24, 2.45) is 5.10 Å². The molecule has 11 nitrogen and oxygen atoms in total. The van der Waals surface area contributed by atoms with Gasteiger partial charge < -0.3 is 14.3 Å². The van der Waals surface area contributed by atoms with Gasteiger partial charge in [-0.3, -0.25) is 14.9 Å². The van der Waals surface area contributed by atoms with Crippen LogP contribution >= 0.6 is 0 Å². The maximum absolute atomic E-state index is 13.4. The van der Waals surface area contributed by atoms with E-state index in [-0.39, 0.29) is 17.1 Å². The second-order valence-corrected chi connectivity index (χ2v) is 8.05. The second kappa shape index (κ2) is 9.38. The Balaban J connectivity index is 1.62. The molecule has 0 saturated heterocycles. The molecule has 2 heterocycles. The van der Waals surface area contributed by atoms with E-state index in [0.717, 1.165) is 10.1 Å². The number of carboxylic acids is 1. The van der Waals surface area contributed by atoms with E-state index < -0.39 is 28.2 Å². The van der Waals surface area contributed by atoms with Gasteiger partial charge in [0.15, 0.2) is 17.6 Å². The molecule has 0 aliphatic carbocycles. The number of nitro groups is 1. The van der Waals surface area contributed by atoms with Crippen LogP contribution in [0.1, 0.15) is 12.5 Å². The quantitative estimate of drug-likeness (QED) is 0.196. The van der Waals surface area contributed by atoms with E-state index in [9.17, 15) is 19.7 Å². The SMILES string of the molecule is C[C@@H](Oc1ccc(C=Nn2c(-c3cc4ccccc4o3)nc3ccccc3c2=O)cc1[N+](=O)[O-])C(=O)O. The van der Waals surface area contributed by atoms with E-state index >= 15 is 0 Å². The van der Waals surface area contributed by atoms with Crippen LogP contribution < -0.4 is 10.3 Å². The van der Waals surface area contributed by atoms with E-state index in [4.69, 9.17) is 14.3 Å². The van der Waals surface area contributed by atoms with Crippen molar-refractivity contribution in [3.8, 4) is 17.3 Å². The summed E-state index contributed by atoms with van der Waals surface area (Å²) >= 11 is 0. The molecule has 11 heteroatoms. The zero-order chi connectivity index (χ0) is 26.1. The Kier molecular flexibility index (Phi) is 5.94. The van der Waals surface area contributed by atoms with E-state index in [0.29, 0.717) is 22.2 Å². The lowest BCUT2D eigenvalue weighted by Gasteiger charge is -2.10. The highest BCUT2D eigenvalue weighted by Crippen LogP contribution is 2.29. The maximum atomic E-state index is 13.4. The van der Waals surface area contributed by atoms with Gasteiger partial charge in [0.05, 0.1) is 22.0 Å². The van der Waals surface area contributed by atoms with Crippen molar-refractivity contribution in [2.45, 2.75) is 13.0 Å². The molecule has 3 aromatic carbocycles. The number of furan rings is 1. The summed E-state index contributed by atoms with van der Waals surface area (Å²) in [6.07, 6.45) is -0.0200. The number of rotatable bonds is 7. The first-order chi connectivity index (χ1) is 17.8. The molecule has 5 rings (SSSR count). The third kappa shape index (κ3) is 4.52. The summed E-state index contributed by atoms with van der Waals surface area (Å²) in [6, 6.07) is 19.8. The molecule has 1 N–H and O–H groups in total. The van der Waals surface area contributed by atoms with Gasteiger partial charge in [-0.25, -0.2) is 9.78 Å². The number of ether oxygens (including phenoxy) is 1. The molecule has 1 atom stereocenters. The van der Waals surface area contributed by atoms with Gasteiger partial charge in [-0.2, -0.15) is 9.78 Å². The normalized spacial score (nSPS) is 12.2. The first-order valence-electron chi connectivity index (χ1n) is 11.0. The third-order valence-corrected chi connectivity index (χ3v) is 5.55. The lowest BCUT2D eigenvalue weighted by Crippen LogP contribution is -2.23. The van der Waals surface area contributed by atoms with Crippen molar-refractivity contribution in [3.05, 3.63) is 98.8 Å². The van der Waals surface area contributed by atoms with Crippen molar-refractivity contribution in [3.63, 3.8) is 0 Å². The highest BCUT2D eigenvalue weighted by atomic mass is 16.6. The van der Waals surface area contributed by atoms with Crippen molar-refractivity contribution in [1.82, 2.24) is 9.66 Å². The summed E-state index contributed by atoms with van der Waals surface area (Å²) in [5.41, 5.74) is 0.439. The molecule has 5 aromatic rings.